The molecule has 0 radical (unpaired) electrons. The molecule has 0 aromatic heterocycles. The molecule has 1 unspecified atom stereocenters. The molecule has 1 aromatic rings. The Bertz CT molecular complexity index is 522. The first kappa shape index (κ1) is 14.3. The van der Waals surface area contributed by atoms with Crippen LogP contribution in [0.3, 0.4) is 0 Å². The van der Waals surface area contributed by atoms with Gasteiger partial charge < -0.3 is 15.3 Å². The molecule has 1 aliphatic heterocycles. The van der Waals surface area contributed by atoms with Gasteiger partial charge in [0.1, 0.15) is 0 Å². The molecule has 1 atom stereocenters. The minimum absolute atomic E-state index is 0.0842. The van der Waals surface area contributed by atoms with Gasteiger partial charge in [-0.15, -0.1) is 0 Å². The highest BCUT2D eigenvalue weighted by Crippen LogP contribution is 2.09. The van der Waals surface area contributed by atoms with Crippen molar-refractivity contribution < 1.29 is 14.7 Å². The van der Waals surface area contributed by atoms with Gasteiger partial charge in [-0.3, -0.25) is 4.79 Å². The molecule has 1 aromatic carbocycles. The zero-order chi connectivity index (χ0) is 14.5. The van der Waals surface area contributed by atoms with Crippen LogP contribution in [0.15, 0.2) is 30.3 Å². The van der Waals surface area contributed by atoms with E-state index < -0.39 is 5.97 Å². The minimum Gasteiger partial charge on any atom is -0.478 e. The highest BCUT2D eigenvalue weighted by Gasteiger charge is 2.21. The number of benzene rings is 1. The standard InChI is InChI=1S/C15H18N2O3/c1-17-9-8-13(10-17)16-15(20)12-5-2-11(3-6-12)4-7-14(18)19/h2-7,13H,8-10H2,1H3,(H,16,20)(H,18,19). The fourth-order valence-corrected chi connectivity index (χ4v) is 2.23. The van der Waals surface area contributed by atoms with E-state index in [1.807, 2.05) is 7.05 Å². The summed E-state index contributed by atoms with van der Waals surface area (Å²) < 4.78 is 0. The zero-order valence-corrected chi connectivity index (χ0v) is 11.4. The SMILES string of the molecule is CN1CCC(NC(=O)c2ccc(C=CC(=O)O)cc2)C1. The van der Waals surface area contributed by atoms with Crippen LogP contribution >= 0.6 is 0 Å². The van der Waals surface area contributed by atoms with E-state index >= 15 is 0 Å². The molecule has 106 valence electrons. The summed E-state index contributed by atoms with van der Waals surface area (Å²) in [7, 11) is 2.04. The number of likely N-dealkylation sites (tertiary alicyclic amines) is 1. The molecule has 1 heterocycles. The Hall–Kier alpha value is -2.14. The van der Waals surface area contributed by atoms with Crippen LogP contribution in [0.4, 0.5) is 0 Å². The van der Waals surface area contributed by atoms with E-state index in [0.29, 0.717) is 5.56 Å². The summed E-state index contributed by atoms with van der Waals surface area (Å²) in [4.78, 5) is 24.6. The largest absolute Gasteiger partial charge is 0.478 e. The number of carboxylic acids is 1. The first-order valence-electron chi connectivity index (χ1n) is 6.55. The third kappa shape index (κ3) is 3.93. The van der Waals surface area contributed by atoms with E-state index in [1.165, 1.54) is 6.08 Å². The Labute approximate surface area is 117 Å². The van der Waals surface area contributed by atoms with E-state index in [1.54, 1.807) is 24.3 Å². The van der Waals surface area contributed by atoms with Gasteiger partial charge >= 0.3 is 5.97 Å². The monoisotopic (exact) mass is 274 g/mol. The van der Waals surface area contributed by atoms with E-state index in [4.69, 9.17) is 5.11 Å². The molecule has 2 N–H and O–H groups in total. The van der Waals surface area contributed by atoms with Crippen molar-refractivity contribution in [3.8, 4) is 0 Å². The van der Waals surface area contributed by atoms with Crippen molar-refractivity contribution in [2.24, 2.45) is 0 Å². The first-order valence-corrected chi connectivity index (χ1v) is 6.55. The Kier molecular flexibility index (Phi) is 4.53. The predicted octanol–water partition coefficient (Wildman–Crippen LogP) is 1.22. The van der Waals surface area contributed by atoms with Gasteiger partial charge in [0.15, 0.2) is 0 Å². The van der Waals surface area contributed by atoms with Gasteiger partial charge in [-0.25, -0.2) is 4.79 Å². The van der Waals surface area contributed by atoms with Gasteiger partial charge in [0, 0.05) is 24.2 Å². The lowest BCUT2D eigenvalue weighted by Gasteiger charge is -2.12. The van der Waals surface area contributed by atoms with Crippen LogP contribution in [0.25, 0.3) is 6.08 Å². The number of carbonyl (C=O) groups excluding carboxylic acids is 1. The van der Waals surface area contributed by atoms with Crippen molar-refractivity contribution in [2.75, 3.05) is 20.1 Å². The zero-order valence-electron chi connectivity index (χ0n) is 11.4. The fourth-order valence-electron chi connectivity index (χ4n) is 2.23. The molecule has 1 amide bonds. The van der Waals surface area contributed by atoms with Crippen molar-refractivity contribution in [1.29, 1.82) is 0 Å². The number of amides is 1. The molecule has 5 heteroatoms. The van der Waals surface area contributed by atoms with Gasteiger partial charge in [-0.2, -0.15) is 0 Å². The van der Waals surface area contributed by atoms with Crippen molar-refractivity contribution in [3.63, 3.8) is 0 Å². The molecule has 0 aliphatic carbocycles. The highest BCUT2D eigenvalue weighted by atomic mass is 16.4. The van der Waals surface area contributed by atoms with Gasteiger partial charge in [-0.1, -0.05) is 12.1 Å². The van der Waals surface area contributed by atoms with Crippen molar-refractivity contribution in [1.82, 2.24) is 10.2 Å². The Morgan fingerprint density at radius 1 is 1.35 bits per heavy atom. The molecule has 0 bridgehead atoms. The van der Waals surface area contributed by atoms with Gasteiger partial charge in [0.05, 0.1) is 0 Å². The summed E-state index contributed by atoms with van der Waals surface area (Å²) in [5.41, 5.74) is 1.34. The summed E-state index contributed by atoms with van der Waals surface area (Å²) in [6.07, 6.45) is 3.54. The number of aliphatic carboxylic acids is 1. The lowest BCUT2D eigenvalue weighted by Crippen LogP contribution is -2.36. The molecule has 0 spiro atoms. The molecule has 1 fully saturated rings. The van der Waals surface area contributed by atoms with Crippen LogP contribution in [-0.2, 0) is 4.79 Å². The van der Waals surface area contributed by atoms with Crippen LogP contribution in [0.5, 0.6) is 0 Å². The Morgan fingerprint density at radius 3 is 2.60 bits per heavy atom. The Balaban J connectivity index is 1.95. The van der Waals surface area contributed by atoms with Gasteiger partial charge in [0.2, 0.25) is 0 Å². The smallest absolute Gasteiger partial charge is 0.328 e. The number of rotatable bonds is 4. The normalized spacial score (nSPS) is 19.4. The highest BCUT2D eigenvalue weighted by molar-refractivity contribution is 5.94. The predicted molar refractivity (Wildman–Crippen MR) is 76.5 cm³/mol. The van der Waals surface area contributed by atoms with Gasteiger partial charge in [-0.05, 0) is 43.8 Å². The van der Waals surface area contributed by atoms with E-state index in [-0.39, 0.29) is 11.9 Å². The second-order valence-corrected chi connectivity index (χ2v) is 5.01. The molecular formula is C15H18N2O3. The molecular weight excluding hydrogens is 256 g/mol. The van der Waals surface area contributed by atoms with Crippen molar-refractivity contribution in [2.45, 2.75) is 12.5 Å². The average Bonchev–Trinajstić information content (AvgIpc) is 2.82. The van der Waals surface area contributed by atoms with Crippen LogP contribution in [0.1, 0.15) is 22.3 Å². The number of carbonyl (C=O) groups is 2. The van der Waals surface area contributed by atoms with Crippen LogP contribution < -0.4 is 5.32 Å². The second-order valence-electron chi connectivity index (χ2n) is 5.01. The fraction of sp³-hybridized carbons (Fsp3) is 0.333. The number of nitrogens with zero attached hydrogens (tertiary/aromatic N) is 1. The molecule has 1 aliphatic rings. The summed E-state index contributed by atoms with van der Waals surface area (Å²) in [5.74, 6) is -1.07. The quantitative estimate of drug-likeness (QED) is 0.810. The third-order valence-electron chi connectivity index (χ3n) is 3.32. The van der Waals surface area contributed by atoms with Crippen LogP contribution in [0, 0.1) is 0 Å². The first-order chi connectivity index (χ1) is 9.54. The molecule has 5 nitrogen and oxygen atoms in total. The Morgan fingerprint density at radius 2 is 2.05 bits per heavy atom. The van der Waals surface area contributed by atoms with Crippen LogP contribution in [-0.4, -0.2) is 48.1 Å². The van der Waals surface area contributed by atoms with E-state index in [9.17, 15) is 9.59 Å². The number of carboxylic acid groups (broad SMARTS) is 1. The third-order valence-corrected chi connectivity index (χ3v) is 3.32. The maximum absolute atomic E-state index is 12.0. The molecule has 2 rings (SSSR count). The second kappa shape index (κ2) is 6.34. The summed E-state index contributed by atoms with van der Waals surface area (Å²) >= 11 is 0. The molecule has 0 saturated carbocycles. The maximum atomic E-state index is 12.0. The van der Waals surface area contributed by atoms with Crippen molar-refractivity contribution >= 4 is 18.0 Å². The number of likely N-dealkylation sites (N-methyl/N-ethyl adjacent to an activating group) is 1. The lowest BCUT2D eigenvalue weighted by molar-refractivity contribution is -0.131. The molecule has 1 saturated heterocycles. The number of hydrogen-bond donors (Lipinski definition) is 2. The summed E-state index contributed by atoms with van der Waals surface area (Å²) in [6.45, 7) is 1.88. The number of hydrogen-bond acceptors (Lipinski definition) is 3. The van der Waals surface area contributed by atoms with Crippen molar-refractivity contribution in [3.05, 3.63) is 41.5 Å². The average molecular weight is 274 g/mol. The minimum atomic E-state index is -0.989. The molecule has 20 heavy (non-hydrogen) atoms. The topological polar surface area (TPSA) is 69.6 Å². The van der Waals surface area contributed by atoms with E-state index in [0.717, 1.165) is 31.1 Å². The van der Waals surface area contributed by atoms with E-state index in [2.05, 4.69) is 10.2 Å². The summed E-state index contributed by atoms with van der Waals surface area (Å²) in [5, 5.41) is 11.5. The maximum Gasteiger partial charge on any atom is 0.328 e. The lowest BCUT2D eigenvalue weighted by atomic mass is 10.1. The van der Waals surface area contributed by atoms with Gasteiger partial charge in [0.25, 0.3) is 5.91 Å². The van der Waals surface area contributed by atoms with Crippen LogP contribution in [0.2, 0.25) is 0 Å². The summed E-state index contributed by atoms with van der Waals surface area (Å²) in [6, 6.07) is 7.08. The number of nitrogens with one attached hydrogen (secondary N) is 1.